The number of aliphatic hydroxyl groups is 1. The zero-order valence-electron chi connectivity index (χ0n) is 22.7. The maximum atomic E-state index is 13.8. The molecule has 1 N–H and O–H groups in total. The summed E-state index contributed by atoms with van der Waals surface area (Å²) < 4.78 is 58.1. The van der Waals surface area contributed by atoms with Gasteiger partial charge in [-0.3, -0.25) is 14.7 Å². The molecule has 0 radical (unpaired) electrons. The first kappa shape index (κ1) is 29.3. The van der Waals surface area contributed by atoms with Gasteiger partial charge in [-0.15, -0.1) is 0 Å². The van der Waals surface area contributed by atoms with Crippen molar-refractivity contribution >= 4 is 11.6 Å². The van der Waals surface area contributed by atoms with Crippen molar-refractivity contribution in [2.24, 2.45) is 0 Å². The van der Waals surface area contributed by atoms with Crippen molar-refractivity contribution in [1.29, 1.82) is 0 Å². The third-order valence-electron chi connectivity index (χ3n) is 7.08. The van der Waals surface area contributed by atoms with Gasteiger partial charge in [-0.25, -0.2) is 4.39 Å². The smallest absolute Gasteiger partial charge is 0.433 e. The molecular weight excluding hydrogens is 528 g/mol. The highest BCUT2D eigenvalue weighted by Gasteiger charge is 2.36. The fourth-order valence-corrected chi connectivity index (χ4v) is 4.95. The van der Waals surface area contributed by atoms with Crippen molar-refractivity contribution in [2.45, 2.75) is 24.7 Å². The van der Waals surface area contributed by atoms with Crippen molar-refractivity contribution in [2.75, 3.05) is 52.3 Å². The van der Waals surface area contributed by atoms with Crippen molar-refractivity contribution in [3.05, 3.63) is 89.0 Å². The summed E-state index contributed by atoms with van der Waals surface area (Å²) in [5, 5.41) is 11.3. The Morgan fingerprint density at radius 2 is 1.80 bits per heavy atom. The Bertz CT molecular complexity index is 1330. The lowest BCUT2D eigenvalue weighted by molar-refractivity contribution is -0.141. The maximum Gasteiger partial charge on any atom is 0.433 e. The SMILES string of the molecule is COc1ccc(N2CCN(C[C@@](C)(O)c3ccc(C(F)(F)F)nc3)C[C@H]2c2ccc(F)cc2)c(C(=O)N(C)C)c1. The lowest BCUT2D eigenvalue weighted by atomic mass is 9.94. The van der Waals surface area contributed by atoms with Crippen LogP contribution in [0.1, 0.15) is 40.1 Å². The van der Waals surface area contributed by atoms with Crippen LogP contribution in [0.2, 0.25) is 0 Å². The topological polar surface area (TPSA) is 69.1 Å². The van der Waals surface area contributed by atoms with E-state index < -0.39 is 17.5 Å². The van der Waals surface area contributed by atoms with Gasteiger partial charge >= 0.3 is 6.18 Å². The molecule has 1 aliphatic rings. The second-order valence-corrected chi connectivity index (χ2v) is 10.3. The molecule has 7 nitrogen and oxygen atoms in total. The van der Waals surface area contributed by atoms with E-state index in [0.717, 1.165) is 17.8 Å². The minimum Gasteiger partial charge on any atom is -0.497 e. The van der Waals surface area contributed by atoms with E-state index in [4.69, 9.17) is 4.74 Å². The minimum absolute atomic E-state index is 0.123. The van der Waals surface area contributed by atoms with Gasteiger partial charge in [-0.05, 0) is 48.9 Å². The second-order valence-electron chi connectivity index (χ2n) is 10.3. The molecule has 0 bridgehead atoms. The first-order chi connectivity index (χ1) is 18.8. The number of hydrogen-bond acceptors (Lipinski definition) is 6. The number of amides is 1. The average Bonchev–Trinajstić information content (AvgIpc) is 2.92. The number of aromatic nitrogens is 1. The first-order valence-corrected chi connectivity index (χ1v) is 12.7. The molecule has 11 heteroatoms. The number of carbonyl (C=O) groups is 1. The van der Waals surface area contributed by atoms with E-state index in [-0.39, 0.29) is 29.9 Å². The average molecular weight is 561 g/mol. The normalized spacial score (nSPS) is 17.8. The van der Waals surface area contributed by atoms with Crippen molar-refractivity contribution in [3.8, 4) is 5.75 Å². The van der Waals surface area contributed by atoms with Crippen LogP contribution in [0.15, 0.2) is 60.8 Å². The number of β-amino-alcohol motifs (C(OH)–C–C–N with tert-alkyl or cyclic N) is 1. The Labute approximate surface area is 230 Å². The summed E-state index contributed by atoms with van der Waals surface area (Å²) >= 11 is 0. The lowest BCUT2D eigenvalue weighted by Gasteiger charge is -2.45. The molecule has 1 aliphatic heterocycles. The van der Waals surface area contributed by atoms with Gasteiger partial charge in [0.15, 0.2) is 0 Å². The van der Waals surface area contributed by atoms with Gasteiger partial charge in [0, 0.05) is 52.0 Å². The Hall–Kier alpha value is -3.70. The molecule has 0 aliphatic carbocycles. The highest BCUT2D eigenvalue weighted by molar-refractivity contribution is 6.00. The van der Waals surface area contributed by atoms with Crippen LogP contribution in [-0.2, 0) is 11.8 Å². The van der Waals surface area contributed by atoms with Crippen LogP contribution in [0, 0.1) is 5.82 Å². The molecule has 0 unspecified atom stereocenters. The predicted octanol–water partition coefficient (Wildman–Crippen LogP) is 4.72. The van der Waals surface area contributed by atoms with E-state index in [1.807, 2.05) is 11.0 Å². The van der Waals surface area contributed by atoms with Crippen LogP contribution in [0.25, 0.3) is 0 Å². The van der Waals surface area contributed by atoms with Crippen LogP contribution < -0.4 is 9.64 Å². The molecule has 4 rings (SSSR count). The lowest BCUT2D eigenvalue weighted by Crippen LogP contribution is -2.52. The van der Waals surface area contributed by atoms with E-state index in [2.05, 4.69) is 9.88 Å². The quantitative estimate of drug-likeness (QED) is 0.422. The van der Waals surface area contributed by atoms with Gasteiger partial charge in [0.2, 0.25) is 0 Å². The van der Waals surface area contributed by atoms with Crippen LogP contribution in [0.5, 0.6) is 5.75 Å². The van der Waals surface area contributed by atoms with Crippen LogP contribution >= 0.6 is 0 Å². The van der Waals surface area contributed by atoms with Gasteiger partial charge in [-0.1, -0.05) is 18.2 Å². The summed E-state index contributed by atoms with van der Waals surface area (Å²) in [5.74, 6) is -0.0485. The Morgan fingerprint density at radius 1 is 1.10 bits per heavy atom. The van der Waals surface area contributed by atoms with Crippen LogP contribution in [0.3, 0.4) is 0 Å². The largest absolute Gasteiger partial charge is 0.497 e. The molecule has 0 saturated carbocycles. The second kappa shape index (κ2) is 11.4. The molecule has 1 amide bonds. The minimum atomic E-state index is -4.57. The van der Waals surface area contributed by atoms with Gasteiger partial charge in [0.1, 0.15) is 22.9 Å². The number of benzene rings is 2. The van der Waals surface area contributed by atoms with E-state index in [1.165, 1.54) is 37.1 Å². The number of nitrogens with zero attached hydrogens (tertiary/aromatic N) is 4. The highest BCUT2D eigenvalue weighted by atomic mass is 19.4. The first-order valence-electron chi connectivity index (χ1n) is 12.7. The number of piperazine rings is 1. The molecule has 2 atom stereocenters. The zero-order chi connectivity index (χ0) is 29.2. The molecule has 40 heavy (non-hydrogen) atoms. The van der Waals surface area contributed by atoms with Gasteiger partial charge in [0.25, 0.3) is 5.91 Å². The number of methoxy groups -OCH3 is 1. The summed E-state index contributed by atoms with van der Waals surface area (Å²) in [5.41, 5.74) is -0.311. The van der Waals surface area contributed by atoms with Crippen molar-refractivity contribution in [1.82, 2.24) is 14.8 Å². The van der Waals surface area contributed by atoms with E-state index >= 15 is 0 Å². The number of halogens is 4. The Balaban J connectivity index is 1.65. The molecule has 0 spiro atoms. The molecule has 2 aromatic carbocycles. The molecule has 1 aromatic heterocycles. The van der Waals surface area contributed by atoms with Gasteiger partial charge in [0.05, 0.1) is 24.4 Å². The van der Waals surface area contributed by atoms with Crippen LogP contribution in [-0.4, -0.2) is 73.2 Å². The van der Waals surface area contributed by atoms with E-state index in [0.29, 0.717) is 36.6 Å². The van der Waals surface area contributed by atoms with Crippen molar-refractivity contribution in [3.63, 3.8) is 0 Å². The monoisotopic (exact) mass is 560 g/mol. The number of hydrogen-bond donors (Lipinski definition) is 1. The number of anilines is 1. The number of carbonyl (C=O) groups excluding carboxylic acids is 1. The Morgan fingerprint density at radius 3 is 2.38 bits per heavy atom. The highest BCUT2D eigenvalue weighted by Crippen LogP contribution is 2.36. The molecule has 214 valence electrons. The summed E-state index contributed by atoms with van der Waals surface area (Å²) in [6, 6.07) is 13.2. The summed E-state index contributed by atoms with van der Waals surface area (Å²) in [4.78, 5) is 22.2. The summed E-state index contributed by atoms with van der Waals surface area (Å²) in [7, 11) is 4.86. The molecule has 1 fully saturated rings. The number of pyridine rings is 1. The van der Waals surface area contributed by atoms with E-state index in [1.54, 1.807) is 38.4 Å². The Kier molecular flexibility index (Phi) is 8.36. The number of rotatable bonds is 7. The fourth-order valence-electron chi connectivity index (χ4n) is 4.95. The van der Waals surface area contributed by atoms with Gasteiger partial charge in [-0.2, -0.15) is 13.2 Å². The third kappa shape index (κ3) is 6.37. The van der Waals surface area contributed by atoms with Crippen molar-refractivity contribution < 1.29 is 32.2 Å². The zero-order valence-corrected chi connectivity index (χ0v) is 22.7. The van der Waals surface area contributed by atoms with Crippen LogP contribution in [0.4, 0.5) is 23.2 Å². The number of alkyl halides is 3. The van der Waals surface area contributed by atoms with Gasteiger partial charge < -0.3 is 19.6 Å². The molecule has 3 aromatic rings. The predicted molar refractivity (Wildman–Crippen MR) is 143 cm³/mol. The fraction of sp³-hybridized carbons (Fsp3) is 0.379. The standard InChI is InChI=1S/C29H32F4N4O3/c1-28(39,20-7-12-26(34-16-20)29(31,32)33)18-36-13-14-37(25(17-36)19-5-8-21(30)9-6-19)24-11-10-22(40-4)15-23(24)27(38)35(2)3/h5-12,15-16,25,39H,13-14,17-18H2,1-4H3/t25-,28+/m0/s1. The number of ether oxygens (including phenoxy) is 1. The maximum absolute atomic E-state index is 13.8. The summed E-state index contributed by atoms with van der Waals surface area (Å²) in [6.45, 7) is 3.01. The van der Waals surface area contributed by atoms with E-state index in [9.17, 15) is 27.5 Å². The third-order valence-corrected chi connectivity index (χ3v) is 7.08. The molecular formula is C29H32F4N4O3. The molecule has 2 heterocycles. The molecule has 1 saturated heterocycles. The summed E-state index contributed by atoms with van der Waals surface area (Å²) in [6.07, 6.45) is -3.52.